The third kappa shape index (κ3) is 2.78. The largest absolute Gasteiger partial charge is 0.476 e. The minimum absolute atomic E-state index is 0.0676. The van der Waals surface area contributed by atoms with Gasteiger partial charge in [-0.2, -0.15) is 13.2 Å². The first kappa shape index (κ1) is 13.6. The molecule has 19 heavy (non-hydrogen) atoms. The molecule has 0 aliphatic heterocycles. The normalized spacial score (nSPS) is 11.6. The van der Waals surface area contributed by atoms with Crippen molar-refractivity contribution < 1.29 is 27.6 Å². The number of hydrogen-bond donors (Lipinski definition) is 1. The molecule has 0 aliphatic carbocycles. The summed E-state index contributed by atoms with van der Waals surface area (Å²) < 4.78 is 42.3. The topological polar surface area (TPSA) is 63.3 Å². The van der Waals surface area contributed by atoms with Gasteiger partial charge in [0.25, 0.3) is 0 Å². The number of benzene rings is 1. The lowest BCUT2D eigenvalue weighted by molar-refractivity contribution is -0.137. The van der Waals surface area contributed by atoms with E-state index in [9.17, 15) is 18.0 Å². The molecule has 2 aromatic rings. The molecule has 0 fully saturated rings. The standard InChI is InChI=1S/C11H5BrF3NO3/c12-7-3-5(11(13,14)15)1-2-6(7)9-4-8(10(17)18)16-19-9/h1-4H,(H,17,18). The Bertz CT molecular complexity index is 636. The predicted molar refractivity (Wildman–Crippen MR) is 61.6 cm³/mol. The maximum atomic E-state index is 12.5. The number of nitrogens with zero attached hydrogens (tertiary/aromatic N) is 1. The third-order valence-electron chi connectivity index (χ3n) is 2.29. The summed E-state index contributed by atoms with van der Waals surface area (Å²) in [6.45, 7) is 0. The Morgan fingerprint density at radius 2 is 2.00 bits per heavy atom. The lowest BCUT2D eigenvalue weighted by atomic mass is 10.1. The molecule has 4 nitrogen and oxygen atoms in total. The summed E-state index contributed by atoms with van der Waals surface area (Å²) in [7, 11) is 0. The first-order chi connectivity index (χ1) is 8.79. The van der Waals surface area contributed by atoms with Crippen LogP contribution >= 0.6 is 15.9 Å². The number of carbonyl (C=O) groups is 1. The molecule has 0 bridgehead atoms. The van der Waals surface area contributed by atoms with Gasteiger partial charge in [-0.15, -0.1) is 0 Å². The van der Waals surface area contributed by atoms with Crippen LogP contribution in [0.15, 0.2) is 33.3 Å². The quantitative estimate of drug-likeness (QED) is 0.906. The van der Waals surface area contributed by atoms with E-state index in [1.54, 1.807) is 0 Å². The Morgan fingerprint density at radius 3 is 2.47 bits per heavy atom. The van der Waals surface area contributed by atoms with Crippen molar-refractivity contribution in [3.8, 4) is 11.3 Å². The van der Waals surface area contributed by atoms with E-state index in [4.69, 9.17) is 9.63 Å². The monoisotopic (exact) mass is 335 g/mol. The smallest absolute Gasteiger partial charge is 0.416 e. The van der Waals surface area contributed by atoms with Crippen LogP contribution in [0, 0.1) is 0 Å². The Labute approximate surface area is 113 Å². The number of carboxylic acid groups (broad SMARTS) is 1. The zero-order valence-corrected chi connectivity index (χ0v) is 10.6. The Balaban J connectivity index is 2.43. The van der Waals surface area contributed by atoms with Crippen LogP contribution in [0.3, 0.4) is 0 Å². The van der Waals surface area contributed by atoms with Gasteiger partial charge in [-0.25, -0.2) is 4.79 Å². The van der Waals surface area contributed by atoms with Gasteiger partial charge >= 0.3 is 12.1 Å². The maximum Gasteiger partial charge on any atom is 0.416 e. The van der Waals surface area contributed by atoms with Gasteiger partial charge in [0, 0.05) is 16.1 Å². The average Bonchev–Trinajstić information content (AvgIpc) is 2.76. The van der Waals surface area contributed by atoms with Crippen LogP contribution in [0.5, 0.6) is 0 Å². The van der Waals surface area contributed by atoms with E-state index < -0.39 is 17.7 Å². The molecule has 0 amide bonds. The zero-order valence-electron chi connectivity index (χ0n) is 9.03. The van der Waals surface area contributed by atoms with Crippen molar-refractivity contribution in [1.29, 1.82) is 0 Å². The average molecular weight is 336 g/mol. The van der Waals surface area contributed by atoms with Gasteiger partial charge in [0.2, 0.25) is 0 Å². The summed E-state index contributed by atoms with van der Waals surface area (Å²) in [5.74, 6) is -1.21. The summed E-state index contributed by atoms with van der Waals surface area (Å²) in [4.78, 5) is 10.6. The summed E-state index contributed by atoms with van der Waals surface area (Å²) in [5, 5.41) is 12.0. The second kappa shape index (κ2) is 4.69. The van der Waals surface area contributed by atoms with Gasteiger partial charge in [-0.3, -0.25) is 0 Å². The fourth-order valence-electron chi connectivity index (χ4n) is 1.39. The van der Waals surface area contributed by atoms with E-state index in [-0.39, 0.29) is 21.5 Å². The number of hydrogen-bond acceptors (Lipinski definition) is 3. The van der Waals surface area contributed by atoms with Crippen LogP contribution in [0.4, 0.5) is 13.2 Å². The highest BCUT2D eigenvalue weighted by molar-refractivity contribution is 9.10. The molecule has 1 N–H and O–H groups in total. The highest BCUT2D eigenvalue weighted by atomic mass is 79.9. The molecule has 2 rings (SSSR count). The van der Waals surface area contributed by atoms with Crippen molar-refractivity contribution in [2.24, 2.45) is 0 Å². The van der Waals surface area contributed by atoms with Crippen molar-refractivity contribution in [2.75, 3.05) is 0 Å². The van der Waals surface area contributed by atoms with Crippen LogP contribution in [-0.2, 0) is 6.18 Å². The van der Waals surface area contributed by atoms with E-state index in [0.29, 0.717) is 0 Å². The van der Waals surface area contributed by atoms with E-state index in [1.807, 2.05) is 0 Å². The van der Waals surface area contributed by atoms with Gasteiger partial charge in [0.1, 0.15) is 0 Å². The number of carboxylic acids is 1. The predicted octanol–water partition coefficient (Wildman–Crippen LogP) is 3.82. The number of aromatic carboxylic acids is 1. The summed E-state index contributed by atoms with van der Waals surface area (Å²) in [5.41, 5.74) is -0.851. The number of alkyl halides is 3. The highest BCUT2D eigenvalue weighted by Gasteiger charge is 2.31. The molecule has 0 atom stereocenters. The molecule has 0 spiro atoms. The molecule has 0 unspecified atom stereocenters. The van der Waals surface area contributed by atoms with Crippen molar-refractivity contribution in [3.63, 3.8) is 0 Å². The van der Waals surface area contributed by atoms with Crippen molar-refractivity contribution in [1.82, 2.24) is 5.16 Å². The molecule has 0 saturated heterocycles. The maximum absolute atomic E-state index is 12.5. The molecule has 1 aromatic heterocycles. The molecule has 1 aromatic carbocycles. The zero-order chi connectivity index (χ0) is 14.2. The Kier molecular flexibility index (Phi) is 3.36. The van der Waals surface area contributed by atoms with E-state index in [0.717, 1.165) is 18.2 Å². The fraction of sp³-hybridized carbons (Fsp3) is 0.0909. The molecule has 0 saturated carbocycles. The fourth-order valence-corrected chi connectivity index (χ4v) is 1.97. The second-order valence-electron chi connectivity index (χ2n) is 3.57. The second-order valence-corrected chi connectivity index (χ2v) is 4.43. The van der Waals surface area contributed by atoms with Crippen LogP contribution in [0.25, 0.3) is 11.3 Å². The molecular formula is C11H5BrF3NO3. The number of halogens is 4. The highest BCUT2D eigenvalue weighted by Crippen LogP contribution is 2.35. The van der Waals surface area contributed by atoms with Crippen LogP contribution < -0.4 is 0 Å². The minimum Gasteiger partial charge on any atom is -0.476 e. The molecular weight excluding hydrogens is 331 g/mol. The Morgan fingerprint density at radius 1 is 1.32 bits per heavy atom. The van der Waals surface area contributed by atoms with Crippen LogP contribution in [-0.4, -0.2) is 16.2 Å². The lowest BCUT2D eigenvalue weighted by Gasteiger charge is -2.08. The number of aromatic nitrogens is 1. The van der Waals surface area contributed by atoms with Gasteiger partial charge in [-0.05, 0) is 18.2 Å². The van der Waals surface area contributed by atoms with Crippen molar-refractivity contribution in [2.45, 2.75) is 6.18 Å². The van der Waals surface area contributed by atoms with Crippen molar-refractivity contribution in [3.05, 3.63) is 40.0 Å². The third-order valence-corrected chi connectivity index (χ3v) is 2.95. The first-order valence-corrected chi connectivity index (χ1v) is 5.65. The summed E-state index contributed by atoms with van der Waals surface area (Å²) in [6.07, 6.45) is -4.45. The molecule has 0 aliphatic rings. The van der Waals surface area contributed by atoms with E-state index in [2.05, 4.69) is 21.1 Å². The van der Waals surface area contributed by atoms with E-state index in [1.165, 1.54) is 6.07 Å². The van der Waals surface area contributed by atoms with Gasteiger partial charge in [0.05, 0.1) is 5.56 Å². The van der Waals surface area contributed by atoms with Gasteiger partial charge in [-0.1, -0.05) is 21.1 Å². The summed E-state index contributed by atoms with van der Waals surface area (Å²) >= 11 is 2.99. The van der Waals surface area contributed by atoms with Crippen LogP contribution in [0.1, 0.15) is 16.1 Å². The molecule has 1 heterocycles. The minimum atomic E-state index is -4.45. The molecule has 100 valence electrons. The summed E-state index contributed by atoms with van der Waals surface area (Å²) in [6, 6.07) is 4.08. The Hall–Kier alpha value is -1.83. The number of rotatable bonds is 2. The molecule has 0 radical (unpaired) electrons. The SMILES string of the molecule is O=C(O)c1cc(-c2ccc(C(F)(F)F)cc2Br)on1. The van der Waals surface area contributed by atoms with Crippen LogP contribution in [0.2, 0.25) is 0 Å². The van der Waals surface area contributed by atoms with Gasteiger partial charge < -0.3 is 9.63 Å². The lowest BCUT2D eigenvalue weighted by Crippen LogP contribution is -2.04. The van der Waals surface area contributed by atoms with E-state index >= 15 is 0 Å². The van der Waals surface area contributed by atoms with Crippen molar-refractivity contribution >= 4 is 21.9 Å². The van der Waals surface area contributed by atoms with Gasteiger partial charge in [0.15, 0.2) is 11.5 Å². The molecule has 8 heteroatoms. The first-order valence-electron chi connectivity index (χ1n) is 4.86.